The summed E-state index contributed by atoms with van der Waals surface area (Å²) in [6.45, 7) is 1.54. The molecular weight excluding hydrogens is 518 g/mol. The Labute approximate surface area is 240 Å². The highest BCUT2D eigenvalue weighted by molar-refractivity contribution is 5.82. The Morgan fingerprint density at radius 1 is 0.537 bits per heavy atom. The zero-order valence-corrected chi connectivity index (χ0v) is 22.8. The predicted octanol–water partition coefficient (Wildman–Crippen LogP) is 6.15. The van der Waals surface area contributed by atoms with Gasteiger partial charge in [0.1, 0.15) is 12.2 Å². The first-order valence-corrected chi connectivity index (χ1v) is 13.8. The average Bonchev–Trinajstić information content (AvgIpc) is 3.04. The van der Waals surface area contributed by atoms with Crippen LogP contribution in [0.3, 0.4) is 0 Å². The molecule has 0 saturated carbocycles. The van der Waals surface area contributed by atoms with Crippen molar-refractivity contribution in [2.45, 2.75) is 50.8 Å². The van der Waals surface area contributed by atoms with E-state index in [0.717, 1.165) is 22.3 Å². The van der Waals surface area contributed by atoms with Gasteiger partial charge in [-0.05, 0) is 22.3 Å². The highest BCUT2D eigenvalue weighted by Crippen LogP contribution is 2.28. The number of rotatable bonds is 13. The van der Waals surface area contributed by atoms with Gasteiger partial charge in [0, 0.05) is 0 Å². The Morgan fingerprint density at radius 2 is 0.951 bits per heavy atom. The molecule has 1 saturated heterocycles. The second-order valence-electron chi connectivity index (χ2n) is 9.83. The van der Waals surface area contributed by atoms with E-state index in [1.165, 1.54) is 0 Å². The Kier molecular flexibility index (Phi) is 10.5. The summed E-state index contributed by atoms with van der Waals surface area (Å²) in [6.07, 6.45) is -2.64. The summed E-state index contributed by atoms with van der Waals surface area (Å²) >= 11 is 0. The van der Waals surface area contributed by atoms with E-state index < -0.39 is 24.4 Å². The van der Waals surface area contributed by atoms with Crippen molar-refractivity contribution in [3.05, 3.63) is 144 Å². The number of oxime groups is 1. The maximum atomic E-state index is 10.0. The van der Waals surface area contributed by atoms with E-state index >= 15 is 0 Å². The summed E-state index contributed by atoms with van der Waals surface area (Å²) in [5.41, 5.74) is 4.03. The van der Waals surface area contributed by atoms with Gasteiger partial charge < -0.3 is 28.9 Å². The monoisotopic (exact) mass is 553 g/mol. The molecule has 1 fully saturated rings. The normalized spacial score (nSPS) is 21.4. The van der Waals surface area contributed by atoms with Crippen molar-refractivity contribution in [1.29, 1.82) is 0 Å². The van der Waals surface area contributed by atoms with Crippen molar-refractivity contribution in [2.75, 3.05) is 6.61 Å². The maximum absolute atomic E-state index is 10.0. The molecular formula is C34H35NO6. The van der Waals surface area contributed by atoms with Gasteiger partial charge in [-0.2, -0.15) is 0 Å². The van der Waals surface area contributed by atoms with Crippen LogP contribution in [0.2, 0.25) is 0 Å². The van der Waals surface area contributed by atoms with Crippen molar-refractivity contribution in [2.24, 2.45) is 5.16 Å². The topological polar surface area (TPSA) is 78.7 Å². The minimum atomic E-state index is -0.810. The molecule has 0 aliphatic carbocycles. The third kappa shape index (κ3) is 8.25. The average molecular weight is 554 g/mol. The molecule has 4 aromatic rings. The molecule has 4 atom stereocenters. The fraction of sp³-hybridized carbons (Fsp3) is 0.265. The molecule has 0 amide bonds. The summed E-state index contributed by atoms with van der Waals surface area (Å²) in [6, 6.07) is 39.6. The van der Waals surface area contributed by atoms with E-state index in [-0.39, 0.29) is 19.1 Å². The molecule has 4 aromatic carbocycles. The van der Waals surface area contributed by atoms with Crippen LogP contribution in [0.1, 0.15) is 22.3 Å². The van der Waals surface area contributed by atoms with Gasteiger partial charge in [0.2, 0.25) is 0 Å². The van der Waals surface area contributed by atoms with Crippen LogP contribution >= 0.6 is 0 Å². The number of nitrogens with zero attached hydrogens (tertiary/aromatic N) is 1. The van der Waals surface area contributed by atoms with E-state index in [1.54, 1.807) is 0 Å². The van der Waals surface area contributed by atoms with Crippen LogP contribution in [0, 0.1) is 0 Å². The quantitative estimate of drug-likeness (QED) is 0.158. The Hall–Kier alpha value is -4.01. The molecule has 0 bridgehead atoms. The van der Waals surface area contributed by atoms with E-state index in [4.69, 9.17) is 23.7 Å². The summed E-state index contributed by atoms with van der Waals surface area (Å²) in [4.78, 5) is 0. The number of hydrogen-bond acceptors (Lipinski definition) is 7. The molecule has 7 heteroatoms. The third-order valence-corrected chi connectivity index (χ3v) is 6.84. The first-order chi connectivity index (χ1) is 20.3. The van der Waals surface area contributed by atoms with Crippen LogP contribution in [0.4, 0.5) is 0 Å². The van der Waals surface area contributed by atoms with E-state index in [9.17, 15) is 5.21 Å². The summed E-state index contributed by atoms with van der Waals surface area (Å²) in [7, 11) is 0. The molecule has 5 rings (SSSR count). The lowest BCUT2D eigenvalue weighted by Gasteiger charge is -2.42. The first kappa shape index (κ1) is 28.5. The van der Waals surface area contributed by atoms with Crippen LogP contribution in [0.5, 0.6) is 0 Å². The van der Waals surface area contributed by atoms with Crippen LogP contribution in [0.25, 0.3) is 0 Å². The molecule has 1 heterocycles. The minimum Gasteiger partial charge on any atom is -0.468 e. The molecule has 0 unspecified atom stereocenters. The standard InChI is InChI=1S/C34H35NO6/c36-35-34-33(40-24-29-19-11-4-12-20-29)32(39-23-28-17-9-3-10-18-28)31(38-22-27-15-7-2-8-16-27)30(41-34)25-37-21-26-13-5-1-6-14-26/h1-20,30-33,36H,21-25H2/b35-34+/t30-,31-,32+,33-/m1/s1. The summed E-state index contributed by atoms with van der Waals surface area (Å²) < 4.78 is 31.6. The van der Waals surface area contributed by atoms with Gasteiger partial charge in [0.25, 0.3) is 5.90 Å². The molecule has 7 nitrogen and oxygen atoms in total. The van der Waals surface area contributed by atoms with Crippen LogP contribution < -0.4 is 0 Å². The van der Waals surface area contributed by atoms with Crippen molar-refractivity contribution in [1.82, 2.24) is 0 Å². The number of benzene rings is 4. The molecule has 0 radical (unpaired) electrons. The van der Waals surface area contributed by atoms with Crippen molar-refractivity contribution < 1.29 is 28.9 Å². The predicted molar refractivity (Wildman–Crippen MR) is 155 cm³/mol. The van der Waals surface area contributed by atoms with Crippen LogP contribution in [-0.4, -0.2) is 42.1 Å². The summed E-state index contributed by atoms with van der Waals surface area (Å²) in [5.74, 6) is 0.0341. The molecule has 0 aromatic heterocycles. The van der Waals surface area contributed by atoms with E-state index in [1.807, 2.05) is 121 Å². The SMILES string of the molecule is O/N=C1/O[C@H](COCc2ccccc2)[C@@H](OCc2ccccc2)[C@H](OCc2ccccc2)[C@H]1OCc1ccccc1. The fourth-order valence-electron chi connectivity index (χ4n) is 4.73. The lowest BCUT2D eigenvalue weighted by Crippen LogP contribution is -2.59. The van der Waals surface area contributed by atoms with Crippen molar-refractivity contribution >= 4 is 5.90 Å². The molecule has 1 N–H and O–H groups in total. The van der Waals surface area contributed by atoms with Crippen molar-refractivity contribution in [3.63, 3.8) is 0 Å². The summed E-state index contributed by atoms with van der Waals surface area (Å²) in [5, 5.41) is 13.5. The highest BCUT2D eigenvalue weighted by atomic mass is 16.6. The van der Waals surface area contributed by atoms with Gasteiger partial charge >= 0.3 is 0 Å². The van der Waals surface area contributed by atoms with Gasteiger partial charge in [0.05, 0.1) is 33.0 Å². The maximum Gasteiger partial charge on any atom is 0.258 e. The molecule has 1 aliphatic heterocycles. The highest BCUT2D eigenvalue weighted by Gasteiger charge is 2.48. The van der Waals surface area contributed by atoms with E-state index in [2.05, 4.69) is 5.16 Å². The van der Waals surface area contributed by atoms with Gasteiger partial charge in [-0.15, -0.1) is 0 Å². The van der Waals surface area contributed by atoms with Crippen LogP contribution in [0.15, 0.2) is 126 Å². The third-order valence-electron chi connectivity index (χ3n) is 6.84. The van der Waals surface area contributed by atoms with Gasteiger partial charge in [-0.3, -0.25) is 0 Å². The number of hydrogen-bond donors (Lipinski definition) is 1. The molecule has 212 valence electrons. The Bertz CT molecular complexity index is 1320. The molecule has 1 aliphatic rings. The van der Waals surface area contributed by atoms with Crippen LogP contribution in [-0.2, 0) is 50.1 Å². The van der Waals surface area contributed by atoms with Gasteiger partial charge in [0.15, 0.2) is 12.2 Å². The molecule has 41 heavy (non-hydrogen) atoms. The minimum absolute atomic E-state index is 0.0341. The Balaban J connectivity index is 1.39. The fourth-order valence-corrected chi connectivity index (χ4v) is 4.73. The van der Waals surface area contributed by atoms with Gasteiger partial charge in [-0.1, -0.05) is 126 Å². The zero-order valence-electron chi connectivity index (χ0n) is 22.8. The smallest absolute Gasteiger partial charge is 0.258 e. The second-order valence-corrected chi connectivity index (χ2v) is 9.83. The Morgan fingerprint density at radius 3 is 1.41 bits per heavy atom. The lowest BCUT2D eigenvalue weighted by atomic mass is 9.98. The zero-order chi connectivity index (χ0) is 28.1. The molecule has 0 spiro atoms. The number of ether oxygens (including phenoxy) is 5. The van der Waals surface area contributed by atoms with Gasteiger partial charge in [-0.25, -0.2) is 0 Å². The largest absolute Gasteiger partial charge is 0.468 e. The first-order valence-electron chi connectivity index (χ1n) is 13.8. The lowest BCUT2D eigenvalue weighted by molar-refractivity contribution is -0.197. The van der Waals surface area contributed by atoms with E-state index in [0.29, 0.717) is 19.8 Å². The van der Waals surface area contributed by atoms with Crippen molar-refractivity contribution in [3.8, 4) is 0 Å². The second kappa shape index (κ2) is 15.1.